The van der Waals surface area contributed by atoms with E-state index in [9.17, 15) is 15.3 Å². The molecule has 22 heavy (non-hydrogen) atoms. The first-order valence-corrected chi connectivity index (χ1v) is 8.54. The third-order valence-electron chi connectivity index (χ3n) is 4.13. The number of ether oxygens (including phenoxy) is 2. The summed E-state index contributed by atoms with van der Waals surface area (Å²) in [6.07, 6.45) is 3.58. The lowest BCUT2D eigenvalue weighted by Crippen LogP contribution is -2.59. The standard InChI is InChI=1S/C16H32O6/c1-2-3-4-5-6-7-8-9-10-21-16-15(20)14(19)13(18)12(11-17)22-16/h12-20H,2-11H2,1H3/t12-,13-,14+,15-,16+/m0/s1. The number of aliphatic hydroxyl groups is 4. The van der Waals surface area contributed by atoms with Gasteiger partial charge in [-0.05, 0) is 6.42 Å². The van der Waals surface area contributed by atoms with Crippen LogP contribution < -0.4 is 0 Å². The first kappa shape index (κ1) is 19.8. The van der Waals surface area contributed by atoms with Crippen molar-refractivity contribution in [1.82, 2.24) is 0 Å². The highest BCUT2D eigenvalue weighted by atomic mass is 16.7. The molecule has 0 radical (unpaired) electrons. The zero-order chi connectivity index (χ0) is 16.4. The van der Waals surface area contributed by atoms with Crippen LogP contribution in [0.3, 0.4) is 0 Å². The average molecular weight is 320 g/mol. The van der Waals surface area contributed by atoms with Crippen LogP contribution >= 0.6 is 0 Å². The lowest BCUT2D eigenvalue weighted by Gasteiger charge is -2.39. The van der Waals surface area contributed by atoms with Crippen molar-refractivity contribution in [2.45, 2.75) is 89.0 Å². The van der Waals surface area contributed by atoms with Gasteiger partial charge in [0.25, 0.3) is 0 Å². The van der Waals surface area contributed by atoms with Crippen molar-refractivity contribution in [1.29, 1.82) is 0 Å². The van der Waals surface area contributed by atoms with E-state index in [2.05, 4.69) is 6.92 Å². The molecule has 0 spiro atoms. The fourth-order valence-electron chi connectivity index (χ4n) is 2.64. The summed E-state index contributed by atoms with van der Waals surface area (Å²) in [5, 5.41) is 38.2. The van der Waals surface area contributed by atoms with E-state index < -0.39 is 37.3 Å². The molecule has 0 aromatic rings. The van der Waals surface area contributed by atoms with Crippen molar-refractivity contribution >= 4 is 0 Å². The lowest BCUT2D eigenvalue weighted by atomic mass is 9.99. The Morgan fingerprint density at radius 1 is 0.818 bits per heavy atom. The molecule has 1 aliphatic rings. The highest BCUT2D eigenvalue weighted by molar-refractivity contribution is 4.88. The van der Waals surface area contributed by atoms with Gasteiger partial charge in [-0.3, -0.25) is 0 Å². The maximum absolute atomic E-state index is 9.80. The molecule has 6 nitrogen and oxygen atoms in total. The molecule has 1 saturated heterocycles. The maximum atomic E-state index is 9.80. The van der Waals surface area contributed by atoms with Gasteiger partial charge in [-0.15, -0.1) is 0 Å². The zero-order valence-corrected chi connectivity index (χ0v) is 13.6. The van der Waals surface area contributed by atoms with E-state index in [0.29, 0.717) is 6.61 Å². The van der Waals surface area contributed by atoms with Crippen molar-refractivity contribution in [3.8, 4) is 0 Å². The Balaban J connectivity index is 2.11. The van der Waals surface area contributed by atoms with Crippen LogP contribution in [0, 0.1) is 0 Å². The Morgan fingerprint density at radius 3 is 2.00 bits per heavy atom. The summed E-state index contributed by atoms with van der Waals surface area (Å²) in [5.74, 6) is 0. The molecular weight excluding hydrogens is 288 g/mol. The van der Waals surface area contributed by atoms with Crippen molar-refractivity contribution in [3.05, 3.63) is 0 Å². The van der Waals surface area contributed by atoms with Gasteiger partial charge in [0, 0.05) is 6.61 Å². The van der Waals surface area contributed by atoms with Gasteiger partial charge in [-0.1, -0.05) is 51.9 Å². The van der Waals surface area contributed by atoms with Crippen molar-refractivity contribution in [3.63, 3.8) is 0 Å². The predicted octanol–water partition coefficient (Wildman–Crippen LogP) is 0.944. The van der Waals surface area contributed by atoms with Gasteiger partial charge in [0.05, 0.1) is 6.61 Å². The number of hydrogen-bond donors (Lipinski definition) is 4. The molecule has 0 unspecified atom stereocenters. The molecule has 0 aromatic carbocycles. The van der Waals surface area contributed by atoms with Crippen molar-refractivity contribution in [2.75, 3.05) is 13.2 Å². The monoisotopic (exact) mass is 320 g/mol. The molecule has 132 valence electrons. The molecule has 0 saturated carbocycles. The molecule has 1 fully saturated rings. The molecule has 0 bridgehead atoms. The first-order valence-electron chi connectivity index (χ1n) is 8.54. The van der Waals surface area contributed by atoms with Crippen LogP contribution in [0.15, 0.2) is 0 Å². The second-order valence-electron chi connectivity index (χ2n) is 6.04. The summed E-state index contributed by atoms with van der Waals surface area (Å²) in [4.78, 5) is 0. The van der Waals surface area contributed by atoms with Crippen LogP contribution in [-0.2, 0) is 9.47 Å². The van der Waals surface area contributed by atoms with E-state index in [1.807, 2.05) is 0 Å². The fraction of sp³-hybridized carbons (Fsp3) is 1.00. The molecule has 1 heterocycles. The van der Waals surface area contributed by atoms with Crippen LogP contribution in [0.4, 0.5) is 0 Å². The molecule has 5 atom stereocenters. The Kier molecular flexibility index (Phi) is 10.2. The third kappa shape index (κ3) is 6.48. The molecule has 1 rings (SSSR count). The molecule has 0 aromatic heterocycles. The molecule has 4 N–H and O–H groups in total. The number of unbranched alkanes of at least 4 members (excludes halogenated alkanes) is 7. The summed E-state index contributed by atoms with van der Waals surface area (Å²) < 4.78 is 10.7. The summed E-state index contributed by atoms with van der Waals surface area (Å²) in [7, 11) is 0. The summed E-state index contributed by atoms with van der Waals surface area (Å²) in [6, 6.07) is 0. The third-order valence-corrected chi connectivity index (χ3v) is 4.13. The van der Waals surface area contributed by atoms with Gasteiger partial charge in [-0.2, -0.15) is 0 Å². The minimum absolute atomic E-state index is 0.428. The number of hydrogen-bond acceptors (Lipinski definition) is 6. The minimum atomic E-state index is -1.37. The molecule has 6 heteroatoms. The largest absolute Gasteiger partial charge is 0.394 e. The number of aliphatic hydroxyl groups excluding tert-OH is 4. The highest BCUT2D eigenvalue weighted by Crippen LogP contribution is 2.22. The van der Waals surface area contributed by atoms with Gasteiger partial charge >= 0.3 is 0 Å². The topological polar surface area (TPSA) is 99.4 Å². The van der Waals surface area contributed by atoms with E-state index >= 15 is 0 Å². The summed E-state index contributed by atoms with van der Waals surface area (Å²) in [5.41, 5.74) is 0. The second kappa shape index (κ2) is 11.3. The Morgan fingerprint density at radius 2 is 1.41 bits per heavy atom. The van der Waals surface area contributed by atoms with E-state index in [0.717, 1.165) is 12.8 Å². The van der Waals surface area contributed by atoms with Crippen LogP contribution in [0.2, 0.25) is 0 Å². The van der Waals surface area contributed by atoms with Crippen LogP contribution in [-0.4, -0.2) is 64.3 Å². The molecule has 0 aliphatic carbocycles. The summed E-state index contributed by atoms with van der Waals surface area (Å²) in [6.45, 7) is 2.20. The average Bonchev–Trinajstić information content (AvgIpc) is 2.53. The Bertz CT molecular complexity index is 273. The Labute approximate surface area is 133 Å². The van der Waals surface area contributed by atoms with E-state index in [4.69, 9.17) is 14.6 Å². The lowest BCUT2D eigenvalue weighted by molar-refractivity contribution is -0.301. The smallest absolute Gasteiger partial charge is 0.186 e. The minimum Gasteiger partial charge on any atom is -0.394 e. The SMILES string of the molecule is CCCCCCCCCCO[C@@H]1O[C@@H](CO)[C@H](O)[C@@H](O)[C@@H]1O. The predicted molar refractivity (Wildman–Crippen MR) is 82.3 cm³/mol. The van der Waals surface area contributed by atoms with Crippen LogP contribution in [0.1, 0.15) is 58.3 Å². The zero-order valence-electron chi connectivity index (χ0n) is 13.6. The highest BCUT2D eigenvalue weighted by Gasteiger charge is 2.43. The number of rotatable bonds is 11. The van der Waals surface area contributed by atoms with Gasteiger partial charge in [0.2, 0.25) is 0 Å². The normalized spacial score (nSPS) is 32.3. The van der Waals surface area contributed by atoms with E-state index in [1.54, 1.807) is 0 Å². The van der Waals surface area contributed by atoms with Gasteiger partial charge in [-0.25, -0.2) is 0 Å². The molecule has 1 aliphatic heterocycles. The fourth-order valence-corrected chi connectivity index (χ4v) is 2.64. The van der Waals surface area contributed by atoms with Crippen molar-refractivity contribution < 1.29 is 29.9 Å². The summed E-state index contributed by atoms with van der Waals surface area (Å²) >= 11 is 0. The van der Waals surface area contributed by atoms with Crippen LogP contribution in [0.5, 0.6) is 0 Å². The quantitative estimate of drug-likeness (QED) is 0.423. The maximum Gasteiger partial charge on any atom is 0.186 e. The second-order valence-corrected chi connectivity index (χ2v) is 6.04. The van der Waals surface area contributed by atoms with E-state index in [-0.39, 0.29) is 0 Å². The van der Waals surface area contributed by atoms with Crippen molar-refractivity contribution in [2.24, 2.45) is 0 Å². The van der Waals surface area contributed by atoms with Gasteiger partial charge in [0.1, 0.15) is 24.4 Å². The Hall–Kier alpha value is -0.240. The molecular formula is C16H32O6. The van der Waals surface area contributed by atoms with Gasteiger partial charge in [0.15, 0.2) is 6.29 Å². The van der Waals surface area contributed by atoms with E-state index in [1.165, 1.54) is 38.5 Å². The first-order chi connectivity index (χ1) is 10.6. The molecule has 0 amide bonds. The van der Waals surface area contributed by atoms with Crippen LogP contribution in [0.25, 0.3) is 0 Å². The van der Waals surface area contributed by atoms with Gasteiger partial charge < -0.3 is 29.9 Å².